The predicted molar refractivity (Wildman–Crippen MR) is 93.6 cm³/mol. The Morgan fingerprint density at radius 1 is 1.17 bits per heavy atom. The van der Waals surface area contributed by atoms with Crippen LogP contribution in [0.3, 0.4) is 0 Å². The number of hydrogen-bond donors (Lipinski definition) is 0. The first kappa shape index (κ1) is 15.4. The highest BCUT2D eigenvalue weighted by atomic mass is 32.1. The van der Waals surface area contributed by atoms with Crippen LogP contribution in [0, 0.1) is 0 Å². The molecule has 0 aromatic carbocycles. The van der Waals surface area contributed by atoms with Crippen molar-refractivity contribution >= 4 is 11.3 Å². The third kappa shape index (κ3) is 3.09. The summed E-state index contributed by atoms with van der Waals surface area (Å²) in [6.07, 6.45) is 9.45. The smallest absolute Gasteiger partial charge is 0.110 e. The molecular weight excluding hydrogens is 320 g/mol. The normalized spacial score (nSPS) is 16.5. The molecular formula is C17H20N6S. The molecule has 0 spiro atoms. The number of rotatable bonds is 4. The Morgan fingerprint density at radius 3 is 2.71 bits per heavy atom. The fourth-order valence-corrected chi connectivity index (χ4v) is 3.89. The van der Waals surface area contributed by atoms with Crippen molar-refractivity contribution in [3.63, 3.8) is 0 Å². The molecule has 1 aliphatic rings. The standard InChI is InChI=1S/C17H20N6S/c1-22-11-18-8-15(22)17-16(19-4-5-20-17)13-2-6-23(7-3-13)9-14-10-24-12-21-14/h4-5,8,10-13H,2-3,6-7,9H2,1H3. The number of aryl methyl sites for hydroxylation is 1. The fourth-order valence-electron chi connectivity index (χ4n) is 3.34. The van der Waals surface area contributed by atoms with Gasteiger partial charge in [-0.2, -0.15) is 0 Å². The zero-order valence-electron chi connectivity index (χ0n) is 13.7. The van der Waals surface area contributed by atoms with Gasteiger partial charge in [0.15, 0.2) is 0 Å². The Bertz CT molecular complexity index is 789. The van der Waals surface area contributed by atoms with E-state index in [1.807, 2.05) is 29.6 Å². The Hall–Kier alpha value is -2.12. The van der Waals surface area contributed by atoms with Gasteiger partial charge in [0, 0.05) is 37.3 Å². The van der Waals surface area contributed by atoms with Crippen LogP contribution in [0.4, 0.5) is 0 Å². The summed E-state index contributed by atoms with van der Waals surface area (Å²) in [7, 11) is 2.00. The van der Waals surface area contributed by atoms with Crippen molar-refractivity contribution in [2.45, 2.75) is 25.3 Å². The maximum Gasteiger partial charge on any atom is 0.110 e. The summed E-state index contributed by atoms with van der Waals surface area (Å²) in [6, 6.07) is 0. The molecule has 1 saturated heterocycles. The molecule has 0 aliphatic carbocycles. The third-order valence-corrected chi connectivity index (χ3v) is 5.26. The number of nitrogens with zero attached hydrogens (tertiary/aromatic N) is 6. The van der Waals surface area contributed by atoms with Crippen LogP contribution in [0.25, 0.3) is 11.4 Å². The third-order valence-electron chi connectivity index (χ3n) is 4.63. The zero-order chi connectivity index (χ0) is 16.4. The summed E-state index contributed by atoms with van der Waals surface area (Å²) in [5.41, 5.74) is 6.18. The Kier molecular flexibility index (Phi) is 4.36. The molecule has 4 heterocycles. The lowest BCUT2D eigenvalue weighted by atomic mass is 9.91. The molecule has 0 bridgehead atoms. The first-order chi connectivity index (χ1) is 11.8. The van der Waals surface area contributed by atoms with E-state index in [1.165, 1.54) is 5.69 Å². The van der Waals surface area contributed by atoms with Crippen LogP contribution in [0.15, 0.2) is 35.8 Å². The van der Waals surface area contributed by atoms with Crippen molar-refractivity contribution in [2.24, 2.45) is 7.05 Å². The van der Waals surface area contributed by atoms with Crippen molar-refractivity contribution in [1.29, 1.82) is 0 Å². The zero-order valence-corrected chi connectivity index (χ0v) is 14.5. The molecule has 0 amide bonds. The minimum absolute atomic E-state index is 0.454. The Balaban J connectivity index is 1.49. The predicted octanol–water partition coefficient (Wildman–Crippen LogP) is 2.71. The second-order valence-corrected chi connectivity index (χ2v) is 6.93. The van der Waals surface area contributed by atoms with Gasteiger partial charge in [-0.15, -0.1) is 11.3 Å². The average molecular weight is 340 g/mol. The monoisotopic (exact) mass is 340 g/mol. The first-order valence-electron chi connectivity index (χ1n) is 8.18. The summed E-state index contributed by atoms with van der Waals surface area (Å²) >= 11 is 1.66. The molecule has 6 nitrogen and oxygen atoms in total. The van der Waals surface area contributed by atoms with Crippen molar-refractivity contribution in [3.8, 4) is 11.4 Å². The minimum Gasteiger partial charge on any atom is -0.332 e. The van der Waals surface area contributed by atoms with Crippen LogP contribution in [0.2, 0.25) is 0 Å². The van der Waals surface area contributed by atoms with Crippen LogP contribution < -0.4 is 0 Å². The maximum absolute atomic E-state index is 4.67. The van der Waals surface area contributed by atoms with Crippen molar-refractivity contribution in [1.82, 2.24) is 29.4 Å². The lowest BCUT2D eigenvalue weighted by Crippen LogP contribution is -2.33. The van der Waals surface area contributed by atoms with E-state index in [0.29, 0.717) is 5.92 Å². The van der Waals surface area contributed by atoms with E-state index in [2.05, 4.69) is 30.2 Å². The SMILES string of the molecule is Cn1cncc1-c1nccnc1C1CCN(Cc2cscn2)CC1. The van der Waals surface area contributed by atoms with E-state index in [1.54, 1.807) is 23.7 Å². The molecule has 0 unspecified atom stereocenters. The molecule has 124 valence electrons. The van der Waals surface area contributed by atoms with E-state index in [-0.39, 0.29) is 0 Å². The lowest BCUT2D eigenvalue weighted by Gasteiger charge is -2.31. The summed E-state index contributed by atoms with van der Waals surface area (Å²) in [6.45, 7) is 3.10. The molecule has 3 aromatic heterocycles. The van der Waals surface area contributed by atoms with Gasteiger partial charge < -0.3 is 4.57 Å². The van der Waals surface area contributed by atoms with Gasteiger partial charge in [-0.25, -0.2) is 9.97 Å². The highest BCUT2D eigenvalue weighted by molar-refractivity contribution is 7.07. The van der Waals surface area contributed by atoms with E-state index in [9.17, 15) is 0 Å². The first-order valence-corrected chi connectivity index (χ1v) is 9.12. The van der Waals surface area contributed by atoms with Gasteiger partial charge in [0.2, 0.25) is 0 Å². The van der Waals surface area contributed by atoms with Crippen LogP contribution in [-0.2, 0) is 13.6 Å². The van der Waals surface area contributed by atoms with Crippen molar-refractivity contribution in [3.05, 3.63) is 47.2 Å². The summed E-state index contributed by atoms with van der Waals surface area (Å²) in [5.74, 6) is 0.454. The molecule has 7 heteroatoms. The Morgan fingerprint density at radius 2 is 2.00 bits per heavy atom. The number of hydrogen-bond acceptors (Lipinski definition) is 6. The lowest BCUT2D eigenvalue weighted by molar-refractivity contribution is 0.201. The average Bonchev–Trinajstić information content (AvgIpc) is 3.27. The second-order valence-electron chi connectivity index (χ2n) is 6.21. The van der Waals surface area contributed by atoms with Crippen molar-refractivity contribution < 1.29 is 0 Å². The van der Waals surface area contributed by atoms with E-state index < -0.39 is 0 Å². The molecule has 0 radical (unpaired) electrons. The number of aromatic nitrogens is 5. The van der Waals surface area contributed by atoms with Gasteiger partial charge in [0.25, 0.3) is 0 Å². The summed E-state index contributed by atoms with van der Waals surface area (Å²) in [5, 5.41) is 2.13. The Labute approximate surface area is 145 Å². The highest BCUT2D eigenvalue weighted by Crippen LogP contribution is 2.32. The van der Waals surface area contributed by atoms with E-state index >= 15 is 0 Å². The molecule has 1 aliphatic heterocycles. The second kappa shape index (κ2) is 6.78. The molecule has 4 rings (SSSR count). The van der Waals surface area contributed by atoms with Gasteiger partial charge in [-0.05, 0) is 25.9 Å². The van der Waals surface area contributed by atoms with E-state index in [0.717, 1.165) is 49.6 Å². The van der Waals surface area contributed by atoms with Crippen LogP contribution in [0.1, 0.15) is 30.1 Å². The number of imidazole rings is 1. The van der Waals surface area contributed by atoms with Gasteiger partial charge >= 0.3 is 0 Å². The largest absolute Gasteiger partial charge is 0.332 e. The molecule has 24 heavy (non-hydrogen) atoms. The van der Waals surface area contributed by atoms with Gasteiger partial charge in [-0.1, -0.05) is 0 Å². The molecule has 0 saturated carbocycles. The quantitative estimate of drug-likeness (QED) is 0.731. The molecule has 0 atom stereocenters. The fraction of sp³-hybridized carbons (Fsp3) is 0.412. The van der Waals surface area contributed by atoms with Gasteiger partial charge in [0.05, 0.1) is 35.1 Å². The van der Waals surface area contributed by atoms with Crippen molar-refractivity contribution in [2.75, 3.05) is 13.1 Å². The molecule has 1 fully saturated rings. The summed E-state index contributed by atoms with van der Waals surface area (Å²) in [4.78, 5) is 20.3. The maximum atomic E-state index is 4.67. The topological polar surface area (TPSA) is 59.7 Å². The van der Waals surface area contributed by atoms with Gasteiger partial charge in [0.1, 0.15) is 5.69 Å². The van der Waals surface area contributed by atoms with Crippen LogP contribution in [0.5, 0.6) is 0 Å². The minimum atomic E-state index is 0.454. The number of piperidine rings is 1. The van der Waals surface area contributed by atoms with Crippen LogP contribution in [-0.4, -0.2) is 42.5 Å². The molecule has 3 aromatic rings. The van der Waals surface area contributed by atoms with Gasteiger partial charge in [-0.3, -0.25) is 14.9 Å². The van der Waals surface area contributed by atoms with Crippen LogP contribution >= 0.6 is 11.3 Å². The number of thiazole rings is 1. The molecule has 0 N–H and O–H groups in total. The number of likely N-dealkylation sites (tertiary alicyclic amines) is 1. The highest BCUT2D eigenvalue weighted by Gasteiger charge is 2.25. The van der Waals surface area contributed by atoms with E-state index in [4.69, 9.17) is 0 Å². The summed E-state index contributed by atoms with van der Waals surface area (Å²) < 4.78 is 2.00.